The summed E-state index contributed by atoms with van der Waals surface area (Å²) < 4.78 is 5.08. The van der Waals surface area contributed by atoms with Crippen molar-refractivity contribution in [3.8, 4) is 0 Å². The van der Waals surface area contributed by atoms with Crippen LogP contribution in [-0.2, 0) is 11.2 Å². The molecule has 2 aromatic rings. The van der Waals surface area contributed by atoms with Crippen LogP contribution in [0.5, 0.6) is 0 Å². The van der Waals surface area contributed by atoms with Gasteiger partial charge >= 0.3 is 0 Å². The fourth-order valence-electron chi connectivity index (χ4n) is 2.44. The molecule has 112 valence electrons. The molecule has 0 aliphatic rings. The molecule has 2 rings (SSSR count). The van der Waals surface area contributed by atoms with Gasteiger partial charge < -0.3 is 9.84 Å². The Morgan fingerprint density at radius 2 is 2.00 bits per heavy atom. The van der Waals surface area contributed by atoms with Crippen molar-refractivity contribution >= 4 is 5.91 Å². The van der Waals surface area contributed by atoms with E-state index in [9.17, 15) is 4.79 Å². The van der Waals surface area contributed by atoms with Gasteiger partial charge in [0.2, 0.25) is 5.91 Å². The van der Waals surface area contributed by atoms with Crippen LogP contribution in [0.15, 0.2) is 34.9 Å². The van der Waals surface area contributed by atoms with E-state index in [0.29, 0.717) is 18.9 Å². The number of rotatable bonds is 6. The Hall–Kier alpha value is -2.10. The van der Waals surface area contributed by atoms with Crippen molar-refractivity contribution in [1.29, 1.82) is 0 Å². The van der Waals surface area contributed by atoms with Crippen LogP contribution in [0, 0.1) is 13.8 Å². The lowest BCUT2D eigenvalue weighted by Gasteiger charge is -2.16. The maximum Gasteiger partial charge on any atom is 0.224 e. The Kier molecular flexibility index (Phi) is 5.14. The molecule has 0 aliphatic carbocycles. The Morgan fingerprint density at radius 3 is 2.57 bits per heavy atom. The highest BCUT2D eigenvalue weighted by molar-refractivity contribution is 5.79. The van der Waals surface area contributed by atoms with E-state index in [2.05, 4.69) is 29.5 Å². The molecule has 4 heteroatoms. The zero-order valence-electron chi connectivity index (χ0n) is 12.8. The zero-order chi connectivity index (χ0) is 15.2. The smallest absolute Gasteiger partial charge is 0.224 e. The predicted octanol–water partition coefficient (Wildman–Crippen LogP) is 3.14. The Labute approximate surface area is 125 Å². The van der Waals surface area contributed by atoms with Gasteiger partial charge in [0.05, 0.1) is 12.1 Å². The molecule has 0 fully saturated rings. The van der Waals surface area contributed by atoms with E-state index in [1.54, 1.807) is 0 Å². The lowest BCUT2D eigenvalue weighted by atomic mass is 9.96. The third-order valence-corrected chi connectivity index (χ3v) is 3.83. The van der Waals surface area contributed by atoms with Crippen molar-refractivity contribution in [2.45, 2.75) is 39.5 Å². The molecule has 0 unspecified atom stereocenters. The average molecular weight is 286 g/mol. The van der Waals surface area contributed by atoms with Gasteiger partial charge in [0.15, 0.2) is 0 Å². The highest BCUT2D eigenvalue weighted by Crippen LogP contribution is 2.18. The molecule has 1 amide bonds. The molecule has 21 heavy (non-hydrogen) atoms. The molecule has 1 aromatic heterocycles. The summed E-state index contributed by atoms with van der Waals surface area (Å²) in [6, 6.07) is 10.3. The number of nitrogens with one attached hydrogen (secondary N) is 1. The molecule has 1 aromatic carbocycles. The summed E-state index contributed by atoms with van der Waals surface area (Å²) >= 11 is 0. The maximum atomic E-state index is 12.1. The number of hydrogen-bond donors (Lipinski definition) is 1. The summed E-state index contributed by atoms with van der Waals surface area (Å²) in [5.74, 6) is 1.08. The summed E-state index contributed by atoms with van der Waals surface area (Å²) in [5.41, 5.74) is 2.94. The fraction of sp³-hybridized carbons (Fsp3) is 0.412. The molecule has 0 saturated carbocycles. The summed E-state index contributed by atoms with van der Waals surface area (Å²) in [6.45, 7) is 6.49. The first kappa shape index (κ1) is 15.3. The molecular weight excluding hydrogens is 264 g/mol. The van der Waals surface area contributed by atoms with Gasteiger partial charge in [-0.2, -0.15) is 0 Å². The van der Waals surface area contributed by atoms with Crippen LogP contribution < -0.4 is 5.32 Å². The number of aryl methyl sites for hydroxylation is 2. The van der Waals surface area contributed by atoms with Crippen molar-refractivity contribution < 1.29 is 9.32 Å². The molecule has 0 radical (unpaired) electrons. The first-order chi connectivity index (χ1) is 10.1. The van der Waals surface area contributed by atoms with Crippen LogP contribution in [0.25, 0.3) is 0 Å². The summed E-state index contributed by atoms with van der Waals surface area (Å²) in [6.07, 6.45) is 1.32. The Morgan fingerprint density at radius 1 is 1.29 bits per heavy atom. The molecule has 1 N–H and O–H groups in total. The van der Waals surface area contributed by atoms with Crippen LogP contribution in [0.1, 0.15) is 41.8 Å². The van der Waals surface area contributed by atoms with Gasteiger partial charge in [0.25, 0.3) is 0 Å². The van der Waals surface area contributed by atoms with Crippen molar-refractivity contribution in [3.63, 3.8) is 0 Å². The normalized spacial score (nSPS) is 12.1. The number of carbonyl (C=O) groups is 1. The minimum absolute atomic E-state index is 0.0128. The molecule has 0 saturated heterocycles. The van der Waals surface area contributed by atoms with E-state index in [1.165, 1.54) is 5.56 Å². The fourth-order valence-corrected chi connectivity index (χ4v) is 2.44. The van der Waals surface area contributed by atoms with Crippen LogP contribution in [0.2, 0.25) is 0 Å². The van der Waals surface area contributed by atoms with Crippen LogP contribution >= 0.6 is 0 Å². The van der Waals surface area contributed by atoms with Crippen LogP contribution in [0.4, 0.5) is 0 Å². The van der Waals surface area contributed by atoms with E-state index in [-0.39, 0.29) is 5.91 Å². The quantitative estimate of drug-likeness (QED) is 0.887. The van der Waals surface area contributed by atoms with Gasteiger partial charge in [0.1, 0.15) is 5.76 Å². The van der Waals surface area contributed by atoms with Gasteiger partial charge in [-0.15, -0.1) is 0 Å². The molecule has 0 bridgehead atoms. The van der Waals surface area contributed by atoms with Gasteiger partial charge in [-0.3, -0.25) is 4.79 Å². The highest BCUT2D eigenvalue weighted by Gasteiger charge is 2.15. The minimum Gasteiger partial charge on any atom is -0.361 e. The standard InChI is InChI=1S/C17H22N2O2/c1-4-14(15-8-6-5-7-9-15)11-18-17(20)10-16-12(2)19-21-13(16)3/h5-9,14H,4,10-11H2,1-3H3,(H,18,20)/t14-/m0/s1. The SMILES string of the molecule is CC[C@@H](CNC(=O)Cc1c(C)noc1C)c1ccccc1. The van der Waals surface area contributed by atoms with Gasteiger partial charge in [0, 0.05) is 18.0 Å². The Balaban J connectivity index is 1.91. The van der Waals surface area contributed by atoms with Crippen molar-refractivity contribution in [2.24, 2.45) is 0 Å². The summed E-state index contributed by atoms with van der Waals surface area (Å²) in [7, 11) is 0. The minimum atomic E-state index is 0.0128. The second-order valence-corrected chi connectivity index (χ2v) is 5.30. The third kappa shape index (κ3) is 3.94. The number of aromatic nitrogens is 1. The van der Waals surface area contributed by atoms with Gasteiger partial charge in [-0.25, -0.2) is 0 Å². The predicted molar refractivity (Wildman–Crippen MR) is 82.2 cm³/mol. The topological polar surface area (TPSA) is 55.1 Å². The number of benzene rings is 1. The second-order valence-electron chi connectivity index (χ2n) is 5.30. The molecule has 1 heterocycles. The molecular formula is C17H22N2O2. The molecule has 0 spiro atoms. The number of carbonyl (C=O) groups excluding carboxylic acids is 1. The van der Waals surface area contributed by atoms with Crippen molar-refractivity contribution in [3.05, 3.63) is 52.9 Å². The van der Waals surface area contributed by atoms with Crippen LogP contribution in [0.3, 0.4) is 0 Å². The van der Waals surface area contributed by atoms with E-state index in [0.717, 1.165) is 23.4 Å². The van der Waals surface area contributed by atoms with E-state index >= 15 is 0 Å². The van der Waals surface area contributed by atoms with E-state index in [1.807, 2.05) is 32.0 Å². The van der Waals surface area contributed by atoms with Crippen molar-refractivity contribution in [2.75, 3.05) is 6.54 Å². The molecule has 1 atom stereocenters. The number of amides is 1. The van der Waals surface area contributed by atoms with Crippen LogP contribution in [-0.4, -0.2) is 17.6 Å². The van der Waals surface area contributed by atoms with Gasteiger partial charge in [-0.05, 0) is 25.8 Å². The van der Waals surface area contributed by atoms with Gasteiger partial charge in [-0.1, -0.05) is 42.4 Å². The lowest BCUT2D eigenvalue weighted by Crippen LogP contribution is -2.29. The maximum absolute atomic E-state index is 12.1. The third-order valence-electron chi connectivity index (χ3n) is 3.83. The number of nitrogens with zero attached hydrogens (tertiary/aromatic N) is 1. The van der Waals surface area contributed by atoms with E-state index in [4.69, 9.17) is 4.52 Å². The average Bonchev–Trinajstić information content (AvgIpc) is 2.81. The largest absolute Gasteiger partial charge is 0.361 e. The van der Waals surface area contributed by atoms with Crippen molar-refractivity contribution in [1.82, 2.24) is 10.5 Å². The zero-order valence-corrected chi connectivity index (χ0v) is 12.8. The highest BCUT2D eigenvalue weighted by atomic mass is 16.5. The second kappa shape index (κ2) is 7.07. The number of hydrogen-bond acceptors (Lipinski definition) is 3. The van der Waals surface area contributed by atoms with E-state index < -0.39 is 0 Å². The first-order valence-corrected chi connectivity index (χ1v) is 7.35. The monoisotopic (exact) mass is 286 g/mol. The summed E-state index contributed by atoms with van der Waals surface area (Å²) in [4.78, 5) is 12.1. The lowest BCUT2D eigenvalue weighted by molar-refractivity contribution is -0.120. The first-order valence-electron chi connectivity index (χ1n) is 7.35. The summed E-state index contributed by atoms with van der Waals surface area (Å²) in [5, 5.41) is 6.89. The molecule has 0 aliphatic heterocycles. The molecule has 4 nitrogen and oxygen atoms in total. The Bertz CT molecular complexity index is 571.